The van der Waals surface area contributed by atoms with Gasteiger partial charge in [0.15, 0.2) is 0 Å². The summed E-state index contributed by atoms with van der Waals surface area (Å²) in [6.07, 6.45) is 1.61. The summed E-state index contributed by atoms with van der Waals surface area (Å²) in [5.74, 6) is 0.645. The highest BCUT2D eigenvalue weighted by molar-refractivity contribution is 5.10. The molecule has 1 saturated heterocycles. The van der Waals surface area contributed by atoms with Crippen LogP contribution in [0.2, 0.25) is 0 Å². The third kappa shape index (κ3) is 1.30. The van der Waals surface area contributed by atoms with E-state index in [4.69, 9.17) is 5.73 Å². The standard InChI is InChI=1S/C10H20N2O/c1-6(2)9-10(5-12-9)3-7(11)8(13)4-10/h6-9,12-13H,3-5,11H2,1-2H3/t7-,8-,9?,10?/m1/s1. The Morgan fingerprint density at radius 2 is 2.15 bits per heavy atom. The van der Waals surface area contributed by atoms with Gasteiger partial charge in [0.1, 0.15) is 0 Å². The highest BCUT2D eigenvalue weighted by Gasteiger charge is 2.54. The lowest BCUT2D eigenvalue weighted by Crippen LogP contribution is -2.64. The molecule has 1 heterocycles. The molecule has 4 N–H and O–H groups in total. The van der Waals surface area contributed by atoms with Gasteiger partial charge in [-0.2, -0.15) is 0 Å². The number of aliphatic hydroxyl groups is 1. The first kappa shape index (κ1) is 9.44. The molecule has 3 nitrogen and oxygen atoms in total. The van der Waals surface area contributed by atoms with E-state index in [1.54, 1.807) is 0 Å². The Balaban J connectivity index is 2.07. The average Bonchev–Trinajstić information content (AvgIpc) is 2.27. The number of nitrogens with one attached hydrogen (secondary N) is 1. The molecule has 2 rings (SSSR count). The lowest BCUT2D eigenvalue weighted by Gasteiger charge is -2.50. The van der Waals surface area contributed by atoms with Crippen molar-refractivity contribution in [1.29, 1.82) is 0 Å². The van der Waals surface area contributed by atoms with E-state index in [0.29, 0.717) is 17.4 Å². The van der Waals surface area contributed by atoms with Crippen LogP contribution in [-0.4, -0.2) is 29.8 Å². The van der Waals surface area contributed by atoms with Crippen LogP contribution in [-0.2, 0) is 0 Å². The van der Waals surface area contributed by atoms with Crippen molar-refractivity contribution in [3.05, 3.63) is 0 Å². The van der Waals surface area contributed by atoms with E-state index in [1.807, 2.05) is 0 Å². The second-order valence-electron chi connectivity index (χ2n) is 5.10. The Morgan fingerprint density at radius 1 is 1.46 bits per heavy atom. The van der Waals surface area contributed by atoms with Crippen LogP contribution in [0.15, 0.2) is 0 Å². The molecule has 1 aliphatic carbocycles. The Kier molecular flexibility index (Phi) is 2.13. The number of hydrogen-bond donors (Lipinski definition) is 3. The van der Waals surface area contributed by atoms with Crippen LogP contribution >= 0.6 is 0 Å². The zero-order valence-electron chi connectivity index (χ0n) is 8.46. The second kappa shape index (κ2) is 2.94. The lowest BCUT2D eigenvalue weighted by atomic mass is 9.67. The van der Waals surface area contributed by atoms with E-state index in [-0.39, 0.29) is 12.1 Å². The van der Waals surface area contributed by atoms with E-state index < -0.39 is 0 Å². The molecule has 1 saturated carbocycles. The van der Waals surface area contributed by atoms with Crippen LogP contribution in [0.3, 0.4) is 0 Å². The first-order chi connectivity index (χ1) is 6.05. The number of rotatable bonds is 1. The van der Waals surface area contributed by atoms with Gasteiger partial charge in [0.05, 0.1) is 6.10 Å². The molecule has 1 spiro atoms. The number of aliphatic hydroxyl groups excluding tert-OH is 1. The minimum absolute atomic E-state index is 0.00310. The van der Waals surface area contributed by atoms with Gasteiger partial charge in [-0.15, -0.1) is 0 Å². The van der Waals surface area contributed by atoms with Crippen molar-refractivity contribution in [3.8, 4) is 0 Å². The molecule has 0 aromatic rings. The van der Waals surface area contributed by atoms with Crippen molar-refractivity contribution in [2.24, 2.45) is 17.1 Å². The Bertz CT molecular complexity index is 195. The molecule has 3 heteroatoms. The van der Waals surface area contributed by atoms with Crippen molar-refractivity contribution in [2.45, 2.75) is 44.9 Å². The predicted molar refractivity (Wildman–Crippen MR) is 52.3 cm³/mol. The van der Waals surface area contributed by atoms with Crippen molar-refractivity contribution in [1.82, 2.24) is 5.32 Å². The highest BCUT2D eigenvalue weighted by Crippen LogP contribution is 2.47. The van der Waals surface area contributed by atoms with E-state index in [1.165, 1.54) is 0 Å². The van der Waals surface area contributed by atoms with Crippen LogP contribution < -0.4 is 11.1 Å². The molecule has 2 aliphatic rings. The van der Waals surface area contributed by atoms with E-state index in [9.17, 15) is 5.11 Å². The zero-order chi connectivity index (χ0) is 9.64. The fourth-order valence-electron chi connectivity index (χ4n) is 3.11. The van der Waals surface area contributed by atoms with Crippen molar-refractivity contribution in [3.63, 3.8) is 0 Å². The van der Waals surface area contributed by atoms with Gasteiger partial charge < -0.3 is 16.2 Å². The summed E-state index contributed by atoms with van der Waals surface area (Å²) in [6, 6.07) is 0.569. The predicted octanol–water partition coefficient (Wildman–Crippen LogP) is 0.0826. The molecule has 2 fully saturated rings. The van der Waals surface area contributed by atoms with E-state index >= 15 is 0 Å². The summed E-state index contributed by atoms with van der Waals surface area (Å²) in [7, 11) is 0. The largest absolute Gasteiger partial charge is 0.391 e. The van der Waals surface area contributed by atoms with Gasteiger partial charge >= 0.3 is 0 Å². The normalized spacial score (nSPS) is 50.1. The average molecular weight is 184 g/mol. The Hall–Kier alpha value is -0.120. The van der Waals surface area contributed by atoms with Gasteiger partial charge in [0, 0.05) is 24.0 Å². The quantitative estimate of drug-likeness (QED) is 0.541. The van der Waals surface area contributed by atoms with E-state index in [0.717, 1.165) is 19.4 Å². The fraction of sp³-hybridized carbons (Fsp3) is 1.00. The van der Waals surface area contributed by atoms with Crippen LogP contribution in [0.1, 0.15) is 26.7 Å². The highest BCUT2D eigenvalue weighted by atomic mass is 16.3. The SMILES string of the molecule is CC(C)C1NCC12C[C@@H](N)[C@H](O)C2. The van der Waals surface area contributed by atoms with E-state index in [2.05, 4.69) is 19.2 Å². The summed E-state index contributed by atoms with van der Waals surface area (Å²) in [6.45, 7) is 5.50. The summed E-state index contributed by atoms with van der Waals surface area (Å²) in [5.41, 5.74) is 6.16. The minimum Gasteiger partial charge on any atom is -0.391 e. The zero-order valence-corrected chi connectivity index (χ0v) is 8.46. The molecule has 4 atom stereocenters. The van der Waals surface area contributed by atoms with Gasteiger partial charge in [0.25, 0.3) is 0 Å². The molecule has 1 aliphatic heterocycles. The fourth-order valence-corrected chi connectivity index (χ4v) is 3.11. The maximum Gasteiger partial charge on any atom is 0.0697 e. The molecule has 0 aromatic heterocycles. The monoisotopic (exact) mass is 184 g/mol. The number of nitrogens with two attached hydrogens (primary N) is 1. The molecule has 0 amide bonds. The molecular formula is C10H20N2O. The molecule has 0 bridgehead atoms. The van der Waals surface area contributed by atoms with Crippen LogP contribution in [0, 0.1) is 11.3 Å². The van der Waals surface area contributed by atoms with Crippen molar-refractivity contribution >= 4 is 0 Å². The molecule has 0 aromatic carbocycles. The maximum absolute atomic E-state index is 9.65. The topological polar surface area (TPSA) is 58.3 Å². The van der Waals surface area contributed by atoms with Crippen LogP contribution in [0.4, 0.5) is 0 Å². The third-order valence-electron chi connectivity index (χ3n) is 3.75. The lowest BCUT2D eigenvalue weighted by molar-refractivity contribution is 0.0394. The third-order valence-corrected chi connectivity index (χ3v) is 3.75. The molecule has 13 heavy (non-hydrogen) atoms. The summed E-state index contributed by atoms with van der Waals surface area (Å²) >= 11 is 0. The van der Waals surface area contributed by atoms with Crippen LogP contribution in [0.5, 0.6) is 0 Å². The van der Waals surface area contributed by atoms with Gasteiger partial charge in [0.2, 0.25) is 0 Å². The minimum atomic E-state index is -0.275. The van der Waals surface area contributed by atoms with Gasteiger partial charge in [-0.1, -0.05) is 13.8 Å². The van der Waals surface area contributed by atoms with Crippen molar-refractivity contribution in [2.75, 3.05) is 6.54 Å². The first-order valence-electron chi connectivity index (χ1n) is 5.22. The molecular weight excluding hydrogens is 164 g/mol. The molecule has 2 unspecified atom stereocenters. The van der Waals surface area contributed by atoms with Crippen LogP contribution in [0.25, 0.3) is 0 Å². The Morgan fingerprint density at radius 3 is 2.46 bits per heavy atom. The summed E-state index contributed by atoms with van der Waals surface area (Å²) in [5, 5.41) is 13.1. The molecule has 0 radical (unpaired) electrons. The Labute approximate surface area is 79.7 Å². The second-order valence-corrected chi connectivity index (χ2v) is 5.10. The van der Waals surface area contributed by atoms with Gasteiger partial charge in [-0.3, -0.25) is 0 Å². The number of hydrogen-bond acceptors (Lipinski definition) is 3. The summed E-state index contributed by atoms with van der Waals surface area (Å²) in [4.78, 5) is 0. The molecule has 76 valence electrons. The smallest absolute Gasteiger partial charge is 0.0697 e. The van der Waals surface area contributed by atoms with Gasteiger partial charge in [-0.25, -0.2) is 0 Å². The summed E-state index contributed by atoms with van der Waals surface area (Å²) < 4.78 is 0. The van der Waals surface area contributed by atoms with Crippen molar-refractivity contribution < 1.29 is 5.11 Å². The maximum atomic E-state index is 9.65. The first-order valence-corrected chi connectivity index (χ1v) is 5.22. The van der Waals surface area contributed by atoms with Gasteiger partial charge in [-0.05, 0) is 18.8 Å².